The Bertz CT molecular complexity index is 936. The average molecular weight is 326 g/mol. The van der Waals surface area contributed by atoms with Crippen LogP contribution in [0.2, 0.25) is 0 Å². The van der Waals surface area contributed by atoms with Crippen molar-refractivity contribution in [3.63, 3.8) is 0 Å². The van der Waals surface area contributed by atoms with Crippen LogP contribution < -0.4 is 0 Å². The minimum absolute atomic E-state index is 0.602. The molecule has 0 atom stereocenters. The van der Waals surface area contributed by atoms with Crippen molar-refractivity contribution in [3.8, 4) is 11.4 Å². The van der Waals surface area contributed by atoms with Crippen LogP contribution in [-0.4, -0.2) is 19.7 Å². The maximum Gasteiger partial charge on any atom is 0.205 e. The van der Waals surface area contributed by atoms with Gasteiger partial charge in [-0.3, -0.25) is 0 Å². The van der Waals surface area contributed by atoms with E-state index in [1.807, 2.05) is 48.9 Å². The highest BCUT2D eigenvalue weighted by Crippen LogP contribution is 2.28. The molecule has 0 aliphatic heterocycles. The summed E-state index contributed by atoms with van der Waals surface area (Å²) in [5.41, 5.74) is 2.63. The van der Waals surface area contributed by atoms with Crippen LogP contribution in [0.3, 0.4) is 0 Å². The first kappa shape index (κ1) is 14.1. The lowest BCUT2D eigenvalue weighted by atomic mass is 10.2. The normalized spacial score (nSPS) is 11.4. The second kappa shape index (κ2) is 5.58. The van der Waals surface area contributed by atoms with Gasteiger partial charge in [0.1, 0.15) is 11.3 Å². The van der Waals surface area contributed by atoms with Crippen LogP contribution in [0, 0.1) is 6.92 Å². The van der Waals surface area contributed by atoms with E-state index in [1.54, 1.807) is 18.0 Å². The Labute approximate surface area is 136 Å². The third kappa shape index (κ3) is 2.53. The number of fused-ring (bicyclic) bond motifs is 1. The van der Waals surface area contributed by atoms with Crippen molar-refractivity contribution >= 4 is 22.9 Å². The Hall–Kier alpha value is -2.54. The van der Waals surface area contributed by atoms with E-state index in [9.17, 15) is 0 Å². The van der Waals surface area contributed by atoms with E-state index in [0.29, 0.717) is 11.6 Å². The summed E-state index contributed by atoms with van der Waals surface area (Å²) in [4.78, 5) is 4.47. The first-order chi connectivity index (χ1) is 11.2. The number of hydrogen-bond acceptors (Lipinski definition) is 6. The Balaban J connectivity index is 1.55. The summed E-state index contributed by atoms with van der Waals surface area (Å²) in [6.07, 6.45) is 1.66. The van der Waals surface area contributed by atoms with Crippen LogP contribution in [-0.2, 0) is 12.8 Å². The molecule has 0 radical (unpaired) electrons. The van der Waals surface area contributed by atoms with Crippen LogP contribution >= 0.6 is 11.8 Å². The molecule has 4 aromatic rings. The topological polar surface area (TPSA) is 69.9 Å². The van der Waals surface area contributed by atoms with E-state index in [-0.39, 0.29) is 0 Å². The molecule has 0 unspecified atom stereocenters. The molecule has 0 saturated carbocycles. The molecule has 0 saturated heterocycles. The Morgan fingerprint density at radius 1 is 1.17 bits per heavy atom. The predicted molar refractivity (Wildman–Crippen MR) is 87.0 cm³/mol. The molecule has 3 aromatic heterocycles. The smallest absolute Gasteiger partial charge is 0.205 e. The number of para-hydroxylation sites is 2. The lowest BCUT2D eigenvalue weighted by molar-refractivity contribution is 0.534. The third-order valence-electron chi connectivity index (χ3n) is 3.60. The molecule has 0 fully saturated rings. The number of aryl methyl sites for hydroxylation is 1. The average Bonchev–Trinajstić information content (AvgIpc) is 3.23. The van der Waals surface area contributed by atoms with Gasteiger partial charge in [0.05, 0.1) is 17.6 Å². The lowest BCUT2D eigenvalue weighted by Gasteiger charge is -2.01. The van der Waals surface area contributed by atoms with E-state index in [0.717, 1.165) is 33.4 Å². The second-order valence-electron chi connectivity index (χ2n) is 5.12. The molecular formula is C16H14N4O2S. The molecule has 4 rings (SSSR count). The summed E-state index contributed by atoms with van der Waals surface area (Å²) in [7, 11) is 1.94. The third-order valence-corrected chi connectivity index (χ3v) is 4.60. The van der Waals surface area contributed by atoms with Gasteiger partial charge in [-0.1, -0.05) is 23.9 Å². The van der Waals surface area contributed by atoms with Crippen molar-refractivity contribution < 1.29 is 8.83 Å². The van der Waals surface area contributed by atoms with Crippen molar-refractivity contribution in [2.24, 2.45) is 7.05 Å². The fourth-order valence-corrected chi connectivity index (χ4v) is 3.15. The fraction of sp³-hybridized carbons (Fsp3) is 0.188. The van der Waals surface area contributed by atoms with Crippen LogP contribution in [0.1, 0.15) is 11.7 Å². The van der Waals surface area contributed by atoms with Crippen LogP contribution in [0.4, 0.5) is 0 Å². The molecule has 0 N–H and O–H groups in total. The minimum atomic E-state index is 0.602. The van der Waals surface area contributed by atoms with Crippen LogP contribution in [0.5, 0.6) is 0 Å². The van der Waals surface area contributed by atoms with Gasteiger partial charge in [-0.05, 0) is 25.1 Å². The number of nitrogens with zero attached hydrogens (tertiary/aromatic N) is 4. The molecule has 0 aliphatic rings. The highest BCUT2D eigenvalue weighted by molar-refractivity contribution is 7.98. The van der Waals surface area contributed by atoms with Gasteiger partial charge in [0.15, 0.2) is 16.6 Å². The van der Waals surface area contributed by atoms with E-state index in [1.165, 1.54) is 0 Å². The lowest BCUT2D eigenvalue weighted by Crippen LogP contribution is -1.95. The molecule has 0 spiro atoms. The first-order valence-corrected chi connectivity index (χ1v) is 8.12. The molecule has 6 nitrogen and oxygen atoms in total. The zero-order chi connectivity index (χ0) is 15.8. The monoisotopic (exact) mass is 326 g/mol. The van der Waals surface area contributed by atoms with E-state index in [4.69, 9.17) is 8.83 Å². The number of oxazole rings is 1. The highest BCUT2D eigenvalue weighted by Gasteiger charge is 2.15. The van der Waals surface area contributed by atoms with Crippen molar-refractivity contribution in [1.29, 1.82) is 0 Å². The van der Waals surface area contributed by atoms with Crippen LogP contribution in [0.15, 0.2) is 50.6 Å². The molecule has 23 heavy (non-hydrogen) atoms. The summed E-state index contributed by atoms with van der Waals surface area (Å²) >= 11 is 1.54. The highest BCUT2D eigenvalue weighted by atomic mass is 32.2. The summed E-state index contributed by atoms with van der Waals surface area (Å²) in [6.45, 7) is 1.91. The summed E-state index contributed by atoms with van der Waals surface area (Å²) < 4.78 is 13.0. The van der Waals surface area contributed by atoms with Crippen molar-refractivity contribution in [3.05, 3.63) is 48.2 Å². The van der Waals surface area contributed by atoms with Crippen molar-refractivity contribution in [2.75, 3.05) is 0 Å². The van der Waals surface area contributed by atoms with Gasteiger partial charge in [0.25, 0.3) is 0 Å². The Kier molecular flexibility index (Phi) is 3.42. The van der Waals surface area contributed by atoms with Crippen LogP contribution in [0.25, 0.3) is 22.5 Å². The van der Waals surface area contributed by atoms with E-state index in [2.05, 4.69) is 15.2 Å². The van der Waals surface area contributed by atoms with Gasteiger partial charge in [-0.25, -0.2) is 4.98 Å². The van der Waals surface area contributed by atoms with Gasteiger partial charge in [0.2, 0.25) is 5.89 Å². The maximum absolute atomic E-state index is 5.72. The largest absolute Gasteiger partial charge is 0.469 e. The number of rotatable bonds is 4. The van der Waals surface area contributed by atoms with E-state index < -0.39 is 0 Å². The van der Waals surface area contributed by atoms with Gasteiger partial charge < -0.3 is 13.4 Å². The second-order valence-corrected chi connectivity index (χ2v) is 6.06. The van der Waals surface area contributed by atoms with E-state index >= 15 is 0 Å². The number of aromatic nitrogens is 4. The van der Waals surface area contributed by atoms with Crippen molar-refractivity contribution in [1.82, 2.24) is 19.7 Å². The molecule has 3 heterocycles. The molecule has 0 aliphatic carbocycles. The van der Waals surface area contributed by atoms with Crippen molar-refractivity contribution in [2.45, 2.75) is 17.8 Å². The SMILES string of the molecule is Cc1occc1-c1nnc(SCc2nc3ccccc3o2)n1C. The quantitative estimate of drug-likeness (QED) is 0.531. The standard InChI is InChI=1S/C16H14N4O2S/c1-10-11(7-8-21-10)15-18-19-16(20(15)2)23-9-14-17-12-5-3-4-6-13(12)22-14/h3-8H,9H2,1-2H3. The number of benzene rings is 1. The molecule has 116 valence electrons. The van der Waals surface area contributed by atoms with Gasteiger partial charge >= 0.3 is 0 Å². The molecule has 0 bridgehead atoms. The zero-order valence-electron chi connectivity index (χ0n) is 12.7. The summed E-state index contributed by atoms with van der Waals surface area (Å²) in [5, 5.41) is 9.31. The molecule has 1 aromatic carbocycles. The maximum atomic E-state index is 5.72. The van der Waals surface area contributed by atoms with Gasteiger partial charge in [0, 0.05) is 7.05 Å². The molecular weight excluding hydrogens is 312 g/mol. The molecule has 7 heteroatoms. The Morgan fingerprint density at radius 3 is 2.83 bits per heavy atom. The predicted octanol–water partition coefficient (Wildman–Crippen LogP) is 3.82. The fourth-order valence-electron chi connectivity index (χ4n) is 2.40. The summed E-state index contributed by atoms with van der Waals surface area (Å²) in [6, 6.07) is 9.64. The van der Waals surface area contributed by atoms with Gasteiger partial charge in [-0.2, -0.15) is 0 Å². The molecule has 0 amide bonds. The number of furan rings is 1. The Morgan fingerprint density at radius 2 is 2.04 bits per heavy atom. The summed E-state index contributed by atoms with van der Waals surface area (Å²) in [5.74, 6) is 2.90. The number of thioether (sulfide) groups is 1. The zero-order valence-corrected chi connectivity index (χ0v) is 13.5. The van der Waals surface area contributed by atoms with Gasteiger partial charge in [-0.15, -0.1) is 10.2 Å². The number of hydrogen-bond donors (Lipinski definition) is 0. The minimum Gasteiger partial charge on any atom is -0.469 e. The first-order valence-electron chi connectivity index (χ1n) is 7.13.